The van der Waals surface area contributed by atoms with Gasteiger partial charge in [-0.05, 0) is 48.4 Å². The first-order chi connectivity index (χ1) is 12.7. The van der Waals surface area contributed by atoms with Gasteiger partial charge in [0.05, 0.1) is 0 Å². The Morgan fingerprint density at radius 1 is 1.15 bits per heavy atom. The zero-order valence-electron chi connectivity index (χ0n) is 14.6. The summed E-state index contributed by atoms with van der Waals surface area (Å²) in [5, 5.41) is 2.86. The predicted octanol–water partition coefficient (Wildman–Crippen LogP) is 3.63. The van der Waals surface area contributed by atoms with E-state index in [0.717, 1.165) is 24.3 Å². The number of ether oxygens (including phenoxy) is 1. The van der Waals surface area contributed by atoms with Crippen LogP contribution in [-0.4, -0.2) is 29.9 Å². The maximum atomic E-state index is 12.4. The van der Waals surface area contributed by atoms with Crippen LogP contribution >= 0.6 is 0 Å². The summed E-state index contributed by atoms with van der Waals surface area (Å²) in [5.41, 5.74) is 2.31. The fourth-order valence-corrected chi connectivity index (χ4v) is 2.85. The lowest BCUT2D eigenvalue weighted by Crippen LogP contribution is -2.23. The van der Waals surface area contributed by atoms with Crippen molar-refractivity contribution in [1.82, 2.24) is 4.90 Å². The Balaban J connectivity index is 1.57. The highest BCUT2D eigenvalue weighted by atomic mass is 16.5. The minimum Gasteiger partial charge on any atom is -0.490 e. The Labute approximate surface area is 153 Å². The second-order valence-corrected chi connectivity index (χ2v) is 6.19. The molecule has 2 amide bonds. The van der Waals surface area contributed by atoms with E-state index < -0.39 is 0 Å². The van der Waals surface area contributed by atoms with Gasteiger partial charge in [-0.25, -0.2) is 0 Å². The molecule has 26 heavy (non-hydrogen) atoms. The third-order valence-electron chi connectivity index (χ3n) is 4.24. The van der Waals surface area contributed by atoms with Crippen LogP contribution in [0.1, 0.15) is 28.8 Å². The van der Waals surface area contributed by atoms with Gasteiger partial charge in [-0.15, -0.1) is 0 Å². The number of benzene rings is 2. The molecular formula is C21H22N2O3. The van der Waals surface area contributed by atoms with Crippen molar-refractivity contribution < 1.29 is 14.3 Å². The molecule has 134 valence electrons. The number of carbonyl (C=O) groups is 2. The smallest absolute Gasteiger partial charge is 0.255 e. The van der Waals surface area contributed by atoms with Gasteiger partial charge in [0.2, 0.25) is 5.91 Å². The number of rotatable bonds is 7. The van der Waals surface area contributed by atoms with Crippen molar-refractivity contribution >= 4 is 17.5 Å². The summed E-state index contributed by atoms with van der Waals surface area (Å²) in [5.74, 6) is 0.754. The largest absolute Gasteiger partial charge is 0.490 e. The van der Waals surface area contributed by atoms with E-state index in [1.54, 1.807) is 42.5 Å². The second kappa shape index (κ2) is 8.34. The van der Waals surface area contributed by atoms with Gasteiger partial charge in [-0.3, -0.25) is 9.59 Å². The Hall–Kier alpha value is -3.08. The monoisotopic (exact) mass is 350 g/mol. The van der Waals surface area contributed by atoms with Gasteiger partial charge >= 0.3 is 0 Å². The third kappa shape index (κ3) is 4.51. The van der Waals surface area contributed by atoms with Crippen LogP contribution in [0.2, 0.25) is 0 Å². The Kier molecular flexibility index (Phi) is 5.69. The molecule has 1 N–H and O–H groups in total. The first kappa shape index (κ1) is 17.7. The highest BCUT2D eigenvalue weighted by Gasteiger charge is 2.19. The number of likely N-dealkylation sites (tertiary alicyclic amines) is 1. The van der Waals surface area contributed by atoms with E-state index in [-0.39, 0.29) is 11.8 Å². The molecule has 0 bridgehead atoms. The molecule has 0 unspecified atom stereocenters. The van der Waals surface area contributed by atoms with Crippen LogP contribution in [-0.2, 0) is 11.3 Å². The summed E-state index contributed by atoms with van der Waals surface area (Å²) in [6.45, 7) is 5.47. The van der Waals surface area contributed by atoms with E-state index >= 15 is 0 Å². The minimum atomic E-state index is -0.173. The maximum absolute atomic E-state index is 12.4. The van der Waals surface area contributed by atoms with Crippen molar-refractivity contribution in [2.45, 2.75) is 19.4 Å². The molecule has 0 atom stereocenters. The van der Waals surface area contributed by atoms with Crippen LogP contribution in [0.3, 0.4) is 0 Å². The predicted molar refractivity (Wildman–Crippen MR) is 101 cm³/mol. The molecule has 1 heterocycles. The SMILES string of the molecule is C=CCOc1ccc(NC(=O)c2ccc(CN3CCCC3=O)cc2)cc1. The molecule has 0 spiro atoms. The van der Waals surface area contributed by atoms with Gasteiger partial charge < -0.3 is 15.0 Å². The number of nitrogens with zero attached hydrogens (tertiary/aromatic N) is 1. The first-order valence-electron chi connectivity index (χ1n) is 8.67. The van der Waals surface area contributed by atoms with E-state index in [2.05, 4.69) is 11.9 Å². The average Bonchev–Trinajstić information content (AvgIpc) is 3.06. The van der Waals surface area contributed by atoms with Crippen molar-refractivity contribution in [3.8, 4) is 5.75 Å². The van der Waals surface area contributed by atoms with Crippen molar-refractivity contribution in [2.24, 2.45) is 0 Å². The van der Waals surface area contributed by atoms with Gasteiger partial charge in [0.15, 0.2) is 0 Å². The summed E-state index contributed by atoms with van der Waals surface area (Å²) < 4.78 is 5.42. The fraction of sp³-hybridized carbons (Fsp3) is 0.238. The summed E-state index contributed by atoms with van der Waals surface area (Å²) in [7, 11) is 0. The van der Waals surface area contributed by atoms with Crippen LogP contribution in [0.4, 0.5) is 5.69 Å². The van der Waals surface area contributed by atoms with Crippen molar-refractivity contribution in [1.29, 1.82) is 0 Å². The standard InChI is InChI=1S/C21H22N2O3/c1-2-14-26-19-11-9-18(10-12-19)22-21(25)17-7-5-16(6-8-17)15-23-13-3-4-20(23)24/h2,5-12H,1,3-4,13-15H2,(H,22,25). The van der Waals surface area contributed by atoms with Gasteiger partial charge in [0.25, 0.3) is 5.91 Å². The Morgan fingerprint density at radius 2 is 1.88 bits per heavy atom. The van der Waals surface area contributed by atoms with Crippen LogP contribution in [0.25, 0.3) is 0 Å². The lowest BCUT2D eigenvalue weighted by atomic mass is 10.1. The molecule has 1 aliphatic heterocycles. The number of carbonyl (C=O) groups excluding carboxylic acids is 2. The molecule has 5 nitrogen and oxygen atoms in total. The zero-order valence-corrected chi connectivity index (χ0v) is 14.6. The molecule has 2 aromatic carbocycles. The third-order valence-corrected chi connectivity index (χ3v) is 4.24. The molecule has 0 aromatic heterocycles. The Morgan fingerprint density at radius 3 is 2.50 bits per heavy atom. The summed E-state index contributed by atoms with van der Waals surface area (Å²) in [6.07, 6.45) is 3.24. The lowest BCUT2D eigenvalue weighted by molar-refractivity contribution is -0.128. The number of nitrogens with one attached hydrogen (secondary N) is 1. The highest BCUT2D eigenvalue weighted by Crippen LogP contribution is 2.18. The van der Waals surface area contributed by atoms with Gasteiger partial charge in [-0.2, -0.15) is 0 Å². The molecule has 1 saturated heterocycles. The molecule has 1 fully saturated rings. The normalized spacial score (nSPS) is 13.5. The van der Waals surface area contributed by atoms with E-state index in [4.69, 9.17) is 4.74 Å². The van der Waals surface area contributed by atoms with Crippen LogP contribution < -0.4 is 10.1 Å². The van der Waals surface area contributed by atoms with Gasteiger partial charge in [0, 0.05) is 30.8 Å². The van der Waals surface area contributed by atoms with Gasteiger partial charge in [-0.1, -0.05) is 24.8 Å². The van der Waals surface area contributed by atoms with Crippen molar-refractivity contribution in [2.75, 3.05) is 18.5 Å². The molecule has 1 aliphatic rings. The highest BCUT2D eigenvalue weighted by molar-refractivity contribution is 6.04. The number of anilines is 1. The van der Waals surface area contributed by atoms with Crippen molar-refractivity contribution in [3.05, 3.63) is 72.3 Å². The molecular weight excluding hydrogens is 328 g/mol. The minimum absolute atomic E-state index is 0.173. The molecule has 2 aromatic rings. The van der Waals surface area contributed by atoms with Crippen LogP contribution in [0.5, 0.6) is 5.75 Å². The molecule has 0 radical (unpaired) electrons. The molecule has 3 rings (SSSR count). The summed E-state index contributed by atoms with van der Waals surface area (Å²) in [6, 6.07) is 14.6. The van der Waals surface area contributed by atoms with E-state index in [1.165, 1.54) is 0 Å². The second-order valence-electron chi connectivity index (χ2n) is 6.19. The van der Waals surface area contributed by atoms with E-state index in [1.807, 2.05) is 17.0 Å². The number of hydrogen-bond donors (Lipinski definition) is 1. The fourth-order valence-electron chi connectivity index (χ4n) is 2.85. The molecule has 0 aliphatic carbocycles. The Bertz CT molecular complexity index is 782. The average molecular weight is 350 g/mol. The van der Waals surface area contributed by atoms with Crippen LogP contribution in [0, 0.1) is 0 Å². The maximum Gasteiger partial charge on any atom is 0.255 e. The van der Waals surface area contributed by atoms with Crippen LogP contribution in [0.15, 0.2) is 61.2 Å². The first-order valence-corrected chi connectivity index (χ1v) is 8.67. The van der Waals surface area contributed by atoms with Crippen molar-refractivity contribution in [3.63, 3.8) is 0 Å². The topological polar surface area (TPSA) is 58.6 Å². The molecule has 0 saturated carbocycles. The van der Waals surface area contributed by atoms with E-state index in [9.17, 15) is 9.59 Å². The zero-order chi connectivity index (χ0) is 18.4. The summed E-state index contributed by atoms with van der Waals surface area (Å²) >= 11 is 0. The summed E-state index contributed by atoms with van der Waals surface area (Å²) in [4.78, 5) is 25.9. The lowest BCUT2D eigenvalue weighted by Gasteiger charge is -2.15. The van der Waals surface area contributed by atoms with Gasteiger partial charge in [0.1, 0.15) is 12.4 Å². The quantitative estimate of drug-likeness (QED) is 0.776. The molecule has 5 heteroatoms. The number of hydrogen-bond acceptors (Lipinski definition) is 3. The number of amides is 2. The van der Waals surface area contributed by atoms with E-state index in [0.29, 0.717) is 30.8 Å².